The Balaban J connectivity index is 1.32. The van der Waals surface area contributed by atoms with Gasteiger partial charge in [0.25, 0.3) is 0 Å². The highest BCUT2D eigenvalue weighted by atomic mass is 16.5. The number of benzene rings is 2. The molecule has 142 valence electrons. The van der Waals surface area contributed by atoms with E-state index in [0.717, 1.165) is 17.7 Å². The molecule has 1 aliphatic heterocycles. The SMILES string of the molecule is O=C(CN1C(=O)[C@@H]2[C@@H]3C[C@@H]([C@H]2C1=O)[C@@H](c1ccccc1)C3)Oc1ccccc1. The Morgan fingerprint density at radius 3 is 2.25 bits per heavy atom. The maximum absolute atomic E-state index is 13.0. The maximum atomic E-state index is 13.0. The lowest BCUT2D eigenvalue weighted by Crippen LogP contribution is -2.38. The average molecular weight is 375 g/mol. The first-order chi connectivity index (χ1) is 13.6. The highest BCUT2D eigenvalue weighted by molar-refractivity contribution is 6.08. The molecule has 2 amide bonds. The minimum atomic E-state index is -0.583. The Kier molecular flexibility index (Phi) is 4.04. The molecule has 0 radical (unpaired) electrons. The molecule has 3 aliphatic rings. The van der Waals surface area contributed by atoms with E-state index in [1.807, 2.05) is 24.3 Å². The summed E-state index contributed by atoms with van der Waals surface area (Å²) in [6.07, 6.45) is 1.87. The number of carbonyl (C=O) groups excluding carboxylic acids is 3. The van der Waals surface area contributed by atoms with Gasteiger partial charge < -0.3 is 4.74 Å². The fraction of sp³-hybridized carbons (Fsp3) is 0.348. The van der Waals surface area contributed by atoms with Crippen LogP contribution in [0, 0.1) is 23.7 Å². The molecule has 5 rings (SSSR count). The third-order valence-electron chi connectivity index (χ3n) is 6.60. The predicted molar refractivity (Wildman–Crippen MR) is 101 cm³/mol. The summed E-state index contributed by atoms with van der Waals surface area (Å²) in [5, 5.41) is 0. The predicted octanol–water partition coefficient (Wildman–Crippen LogP) is 3.02. The lowest BCUT2D eigenvalue weighted by Gasteiger charge is -2.28. The summed E-state index contributed by atoms with van der Waals surface area (Å²) in [6, 6.07) is 18.9. The molecule has 0 aromatic heterocycles. The maximum Gasteiger partial charge on any atom is 0.331 e. The first kappa shape index (κ1) is 17.2. The highest BCUT2D eigenvalue weighted by Gasteiger charge is 2.64. The summed E-state index contributed by atoms with van der Waals surface area (Å²) in [4.78, 5) is 39.4. The summed E-state index contributed by atoms with van der Waals surface area (Å²) >= 11 is 0. The van der Waals surface area contributed by atoms with Crippen LogP contribution < -0.4 is 4.74 Å². The van der Waals surface area contributed by atoms with Gasteiger partial charge in [0.15, 0.2) is 0 Å². The molecule has 2 aliphatic carbocycles. The molecule has 2 bridgehead atoms. The minimum absolute atomic E-state index is 0.184. The monoisotopic (exact) mass is 375 g/mol. The van der Waals surface area contributed by atoms with E-state index in [9.17, 15) is 14.4 Å². The number of hydrogen-bond acceptors (Lipinski definition) is 4. The van der Waals surface area contributed by atoms with Gasteiger partial charge in [-0.05, 0) is 48.3 Å². The number of ether oxygens (including phenoxy) is 1. The van der Waals surface area contributed by atoms with Crippen molar-refractivity contribution >= 4 is 17.8 Å². The number of rotatable bonds is 4. The van der Waals surface area contributed by atoms with E-state index in [0.29, 0.717) is 11.7 Å². The van der Waals surface area contributed by atoms with E-state index in [-0.39, 0.29) is 42.0 Å². The zero-order valence-electron chi connectivity index (χ0n) is 15.4. The molecule has 0 spiro atoms. The summed E-state index contributed by atoms with van der Waals surface area (Å²) in [5.74, 6) is -0.387. The number of likely N-dealkylation sites (tertiary alicyclic amines) is 1. The van der Waals surface area contributed by atoms with Crippen LogP contribution >= 0.6 is 0 Å². The molecule has 0 unspecified atom stereocenters. The second kappa shape index (κ2) is 6.59. The number of amides is 2. The first-order valence-electron chi connectivity index (χ1n) is 9.79. The second-order valence-electron chi connectivity index (χ2n) is 8.01. The van der Waals surface area contributed by atoms with Crippen LogP contribution in [0.5, 0.6) is 5.75 Å². The first-order valence-corrected chi connectivity index (χ1v) is 9.79. The van der Waals surface area contributed by atoms with Crippen LogP contribution in [0.15, 0.2) is 60.7 Å². The number of imide groups is 1. The molecule has 0 N–H and O–H groups in total. The molecule has 2 aromatic carbocycles. The molecule has 2 aromatic rings. The summed E-state index contributed by atoms with van der Waals surface area (Å²) in [5.41, 5.74) is 1.25. The van der Waals surface area contributed by atoms with Crippen molar-refractivity contribution in [2.75, 3.05) is 6.54 Å². The number of fused-ring (bicyclic) bond motifs is 5. The Morgan fingerprint density at radius 2 is 1.54 bits per heavy atom. The van der Waals surface area contributed by atoms with Crippen LogP contribution in [0.1, 0.15) is 24.3 Å². The quantitative estimate of drug-likeness (QED) is 0.468. The minimum Gasteiger partial charge on any atom is -0.425 e. The van der Waals surface area contributed by atoms with Gasteiger partial charge in [0.1, 0.15) is 12.3 Å². The fourth-order valence-electron chi connectivity index (χ4n) is 5.54. The summed E-state index contributed by atoms with van der Waals surface area (Å²) in [6.45, 7) is -0.311. The Bertz CT molecular complexity index is 926. The van der Waals surface area contributed by atoms with Crippen molar-refractivity contribution in [3.8, 4) is 5.75 Å². The molecule has 28 heavy (non-hydrogen) atoms. The van der Waals surface area contributed by atoms with Crippen molar-refractivity contribution in [3.63, 3.8) is 0 Å². The van der Waals surface area contributed by atoms with Crippen molar-refractivity contribution in [1.29, 1.82) is 0 Å². The van der Waals surface area contributed by atoms with Crippen molar-refractivity contribution in [3.05, 3.63) is 66.2 Å². The Labute approximate surface area is 163 Å². The molecule has 1 saturated heterocycles. The van der Waals surface area contributed by atoms with E-state index >= 15 is 0 Å². The molecule has 3 fully saturated rings. The fourth-order valence-corrected chi connectivity index (χ4v) is 5.54. The number of para-hydroxylation sites is 1. The summed E-state index contributed by atoms with van der Waals surface area (Å²) in [7, 11) is 0. The van der Waals surface area contributed by atoms with Gasteiger partial charge in [-0.25, -0.2) is 4.79 Å². The van der Waals surface area contributed by atoms with E-state index in [1.54, 1.807) is 24.3 Å². The van der Waals surface area contributed by atoms with Crippen molar-refractivity contribution in [2.24, 2.45) is 23.7 Å². The highest BCUT2D eigenvalue weighted by Crippen LogP contribution is 2.61. The third kappa shape index (κ3) is 2.65. The van der Waals surface area contributed by atoms with E-state index in [2.05, 4.69) is 12.1 Å². The Hall–Kier alpha value is -2.95. The van der Waals surface area contributed by atoms with Crippen molar-refractivity contribution in [2.45, 2.75) is 18.8 Å². The van der Waals surface area contributed by atoms with Gasteiger partial charge in [-0.2, -0.15) is 0 Å². The van der Waals surface area contributed by atoms with Crippen LogP contribution in [-0.2, 0) is 14.4 Å². The van der Waals surface area contributed by atoms with Crippen LogP contribution in [-0.4, -0.2) is 29.2 Å². The lowest BCUT2D eigenvalue weighted by molar-refractivity contribution is -0.148. The van der Waals surface area contributed by atoms with Gasteiger partial charge >= 0.3 is 5.97 Å². The zero-order valence-corrected chi connectivity index (χ0v) is 15.4. The van der Waals surface area contributed by atoms with Crippen molar-refractivity contribution in [1.82, 2.24) is 4.90 Å². The van der Waals surface area contributed by atoms with Crippen LogP contribution in [0.2, 0.25) is 0 Å². The topological polar surface area (TPSA) is 63.7 Å². The molecule has 5 heteroatoms. The Morgan fingerprint density at radius 1 is 0.893 bits per heavy atom. The number of hydrogen-bond donors (Lipinski definition) is 0. The van der Waals surface area contributed by atoms with Gasteiger partial charge in [0.2, 0.25) is 11.8 Å². The van der Waals surface area contributed by atoms with Gasteiger partial charge in [0, 0.05) is 0 Å². The summed E-state index contributed by atoms with van der Waals surface area (Å²) < 4.78 is 5.27. The van der Waals surface area contributed by atoms with Crippen LogP contribution in [0.25, 0.3) is 0 Å². The van der Waals surface area contributed by atoms with Gasteiger partial charge in [-0.15, -0.1) is 0 Å². The number of esters is 1. The van der Waals surface area contributed by atoms with E-state index < -0.39 is 5.97 Å². The smallest absolute Gasteiger partial charge is 0.331 e. The van der Waals surface area contributed by atoms with Gasteiger partial charge in [-0.1, -0.05) is 48.5 Å². The molecule has 2 saturated carbocycles. The average Bonchev–Trinajstić information content (AvgIpc) is 3.37. The van der Waals surface area contributed by atoms with Crippen LogP contribution in [0.4, 0.5) is 0 Å². The second-order valence-corrected chi connectivity index (χ2v) is 8.01. The van der Waals surface area contributed by atoms with Crippen molar-refractivity contribution < 1.29 is 19.1 Å². The normalized spacial score (nSPS) is 30.6. The molecule has 1 heterocycles. The molecular weight excluding hydrogens is 354 g/mol. The standard InChI is InChI=1S/C23H21NO4/c25-19(28-16-9-5-2-6-10-16)13-24-22(26)20-15-11-17(14-7-3-1-4-8-14)18(12-15)21(20)23(24)27/h1-10,15,17-18,20-21H,11-13H2/t15-,17+,18+,20+,21+/m0/s1. The molecular formula is C23H21NO4. The van der Waals surface area contributed by atoms with Gasteiger partial charge in [-0.3, -0.25) is 14.5 Å². The third-order valence-corrected chi connectivity index (χ3v) is 6.60. The largest absolute Gasteiger partial charge is 0.425 e. The zero-order chi connectivity index (χ0) is 19.3. The van der Waals surface area contributed by atoms with Crippen LogP contribution in [0.3, 0.4) is 0 Å². The van der Waals surface area contributed by atoms with Gasteiger partial charge in [0.05, 0.1) is 11.8 Å². The lowest BCUT2D eigenvalue weighted by atomic mass is 9.73. The van der Waals surface area contributed by atoms with E-state index in [1.165, 1.54) is 5.56 Å². The molecule has 5 atom stereocenters. The number of nitrogens with zero attached hydrogens (tertiary/aromatic N) is 1. The van der Waals surface area contributed by atoms with E-state index in [4.69, 9.17) is 4.74 Å². The number of carbonyl (C=O) groups is 3. The molecule has 5 nitrogen and oxygen atoms in total.